The second-order valence-corrected chi connectivity index (χ2v) is 8.08. The topological polar surface area (TPSA) is 30.3 Å². The van der Waals surface area contributed by atoms with Gasteiger partial charge in [0.25, 0.3) is 0 Å². The van der Waals surface area contributed by atoms with E-state index in [2.05, 4.69) is 39.2 Å². The maximum Gasteiger partial charge on any atom is 0.187 e. The number of hydrogen-bond donors (Lipinski definition) is 0. The van der Waals surface area contributed by atoms with Crippen LogP contribution in [0.3, 0.4) is 0 Å². The van der Waals surface area contributed by atoms with Crippen molar-refractivity contribution in [2.24, 2.45) is 5.10 Å². The molecule has 0 saturated heterocycles. The minimum atomic E-state index is -0.0225. The van der Waals surface area contributed by atoms with Gasteiger partial charge in [0.05, 0.1) is 11.7 Å². The number of hydrogen-bond acceptors (Lipinski definition) is 2. The van der Waals surface area contributed by atoms with Crippen LogP contribution >= 0.6 is 0 Å². The zero-order valence-corrected chi connectivity index (χ0v) is 17.1. The van der Waals surface area contributed by atoms with Crippen LogP contribution in [0.1, 0.15) is 41.9 Å². The summed E-state index contributed by atoms with van der Waals surface area (Å²) >= 11 is 0. The Bertz CT molecular complexity index is 1260. The van der Waals surface area contributed by atoms with Gasteiger partial charge in [-0.3, -0.25) is 0 Å². The molecule has 5 rings (SSSR count). The number of nitrogens with zero attached hydrogens (tertiary/aromatic N) is 3. The third-order valence-corrected chi connectivity index (χ3v) is 6.31. The lowest BCUT2D eigenvalue weighted by Gasteiger charge is -2.35. The molecule has 2 unspecified atom stereocenters. The van der Waals surface area contributed by atoms with Crippen molar-refractivity contribution in [1.82, 2.24) is 0 Å². The van der Waals surface area contributed by atoms with Gasteiger partial charge < -0.3 is 4.74 Å². The number of ether oxygens (including phenoxy) is 1. The fraction of sp³-hybridized carbons (Fsp3) is 0.222. The molecule has 3 aromatic carbocycles. The first-order chi connectivity index (χ1) is 15.3. The summed E-state index contributed by atoms with van der Waals surface area (Å²) in [5.74, 6) is 1.09. The van der Waals surface area contributed by atoms with E-state index in [9.17, 15) is 0 Å². The van der Waals surface area contributed by atoms with E-state index in [0.29, 0.717) is 18.0 Å². The van der Waals surface area contributed by atoms with E-state index < -0.39 is 0 Å². The van der Waals surface area contributed by atoms with Crippen LogP contribution in [0.4, 0.5) is 5.69 Å². The van der Waals surface area contributed by atoms with Gasteiger partial charge in [-0.1, -0.05) is 48.5 Å². The molecule has 4 heteroatoms. The molecule has 0 N–H and O–H groups in total. The lowest BCUT2D eigenvalue weighted by atomic mass is 9.77. The highest BCUT2D eigenvalue weighted by atomic mass is 16.5. The van der Waals surface area contributed by atoms with Crippen LogP contribution in [0.5, 0.6) is 5.75 Å². The van der Waals surface area contributed by atoms with Crippen molar-refractivity contribution in [3.05, 3.63) is 106 Å². The number of fused-ring (bicyclic) bond motifs is 2. The molecule has 0 saturated carbocycles. The molecule has 1 heterocycles. The lowest BCUT2D eigenvalue weighted by molar-refractivity contribution is 0.160. The molecule has 0 bridgehead atoms. The molecular formula is C27H21N3O. The average molecular weight is 403 g/mol. The quantitative estimate of drug-likeness (QED) is 0.342. The van der Waals surface area contributed by atoms with Gasteiger partial charge in [0.15, 0.2) is 5.69 Å². The van der Waals surface area contributed by atoms with E-state index in [0.717, 1.165) is 47.4 Å². The first-order valence-corrected chi connectivity index (χ1v) is 10.6. The van der Waals surface area contributed by atoms with Gasteiger partial charge in [-0.05, 0) is 59.7 Å². The van der Waals surface area contributed by atoms with E-state index in [4.69, 9.17) is 17.9 Å². The number of rotatable bonds is 2. The summed E-state index contributed by atoms with van der Waals surface area (Å²) in [6.45, 7) is 14.6. The highest BCUT2D eigenvalue weighted by Crippen LogP contribution is 2.41. The normalized spacial score (nSPS) is 20.6. The van der Waals surface area contributed by atoms with Gasteiger partial charge in [0.1, 0.15) is 17.6 Å². The van der Waals surface area contributed by atoms with Gasteiger partial charge in [0, 0.05) is 17.9 Å². The molecule has 1 aliphatic carbocycles. The van der Waals surface area contributed by atoms with E-state index in [1.54, 1.807) is 6.07 Å². The first-order valence-electron chi connectivity index (χ1n) is 10.6. The molecule has 0 radical (unpaired) electrons. The summed E-state index contributed by atoms with van der Waals surface area (Å²) in [5.41, 5.74) is 7.02. The Morgan fingerprint density at radius 3 is 2.68 bits per heavy atom. The highest BCUT2D eigenvalue weighted by Gasteiger charge is 2.35. The summed E-state index contributed by atoms with van der Waals surface area (Å²) < 4.78 is 6.51. The Labute approximate surface area is 182 Å². The van der Waals surface area contributed by atoms with Gasteiger partial charge >= 0.3 is 0 Å². The van der Waals surface area contributed by atoms with Crippen LogP contribution in [0.25, 0.3) is 20.9 Å². The summed E-state index contributed by atoms with van der Waals surface area (Å²) in [4.78, 5) is 6.89. The van der Waals surface area contributed by atoms with Crippen molar-refractivity contribution in [2.75, 3.05) is 0 Å². The Morgan fingerprint density at radius 2 is 1.81 bits per heavy atom. The van der Waals surface area contributed by atoms with Gasteiger partial charge in [0.2, 0.25) is 0 Å². The van der Waals surface area contributed by atoms with E-state index >= 15 is 0 Å². The minimum Gasteiger partial charge on any atom is -0.489 e. The van der Waals surface area contributed by atoms with Crippen molar-refractivity contribution in [3.8, 4) is 16.9 Å². The summed E-state index contributed by atoms with van der Waals surface area (Å²) in [6, 6.07) is 22.3. The smallest absolute Gasteiger partial charge is 0.187 e. The molecule has 4 nitrogen and oxygen atoms in total. The summed E-state index contributed by atoms with van der Waals surface area (Å²) in [7, 11) is 0. The largest absolute Gasteiger partial charge is 0.489 e. The van der Waals surface area contributed by atoms with E-state index in [1.165, 1.54) is 11.1 Å². The predicted octanol–water partition coefficient (Wildman–Crippen LogP) is 6.80. The van der Waals surface area contributed by atoms with Gasteiger partial charge in [-0.15, -0.1) is 4.95 Å². The Hall–Kier alpha value is -3.89. The van der Waals surface area contributed by atoms with Gasteiger partial charge in [-0.2, -0.15) is 6.57 Å². The molecule has 31 heavy (non-hydrogen) atoms. The molecule has 1 aliphatic heterocycles. The van der Waals surface area contributed by atoms with Crippen LogP contribution in [0.2, 0.25) is 0 Å². The van der Waals surface area contributed by atoms with Crippen LogP contribution in [-0.2, 0) is 6.42 Å². The van der Waals surface area contributed by atoms with Crippen molar-refractivity contribution in [3.63, 3.8) is 0 Å². The summed E-state index contributed by atoms with van der Waals surface area (Å²) in [6.07, 6.45) is 3.96. The van der Waals surface area contributed by atoms with Crippen molar-refractivity contribution in [2.45, 2.75) is 37.7 Å². The molecule has 3 aromatic rings. The predicted molar refractivity (Wildman–Crippen MR) is 122 cm³/mol. The Kier molecular flexibility index (Phi) is 4.98. The zero-order valence-electron chi connectivity index (χ0n) is 17.1. The number of aryl methyl sites for hydroxylation is 1. The zero-order chi connectivity index (χ0) is 21.2. The maximum absolute atomic E-state index is 7.34. The standard InChI is InChI=1S/C27H21N3O/c1-28-21-10-5-9-19(15-21)20-13-14-26-24(16-20)25(30-29-2)17-27(31-26)23-12-6-8-18-7-3-4-11-22(18)23/h3-5,7,9-11,13-16,23,27H,6,8,12,17H2. The Balaban J connectivity index is 1.52. The first kappa shape index (κ1) is 19.1. The molecule has 0 fully saturated rings. The molecule has 2 aliphatic rings. The average Bonchev–Trinajstić information content (AvgIpc) is 2.83. The highest BCUT2D eigenvalue weighted by molar-refractivity contribution is 6.05. The molecular weight excluding hydrogens is 382 g/mol. The second-order valence-electron chi connectivity index (χ2n) is 8.08. The van der Waals surface area contributed by atoms with Crippen LogP contribution in [-0.4, -0.2) is 11.8 Å². The summed E-state index contributed by atoms with van der Waals surface area (Å²) in [5, 5.41) is 4.17. The van der Waals surface area contributed by atoms with Gasteiger partial charge in [-0.25, -0.2) is 4.85 Å². The van der Waals surface area contributed by atoms with E-state index in [-0.39, 0.29) is 6.10 Å². The van der Waals surface area contributed by atoms with Crippen molar-refractivity contribution >= 4 is 11.4 Å². The second kappa shape index (κ2) is 8.09. The number of benzene rings is 3. The monoisotopic (exact) mass is 403 g/mol. The third kappa shape index (κ3) is 3.58. The molecule has 0 amide bonds. The molecule has 0 aromatic heterocycles. The lowest BCUT2D eigenvalue weighted by Crippen LogP contribution is -2.34. The molecule has 150 valence electrons. The molecule has 2 atom stereocenters. The Morgan fingerprint density at radius 1 is 0.935 bits per heavy atom. The van der Waals surface area contributed by atoms with Crippen LogP contribution in [0, 0.1) is 13.1 Å². The van der Waals surface area contributed by atoms with Crippen LogP contribution < -0.4 is 4.74 Å². The van der Waals surface area contributed by atoms with Crippen molar-refractivity contribution < 1.29 is 4.74 Å². The van der Waals surface area contributed by atoms with E-state index in [1.807, 2.05) is 36.4 Å². The fourth-order valence-electron chi connectivity index (χ4n) is 4.86. The van der Waals surface area contributed by atoms with Crippen LogP contribution in [0.15, 0.2) is 71.8 Å². The minimum absolute atomic E-state index is 0.0225. The maximum atomic E-state index is 7.34. The van der Waals surface area contributed by atoms with Crippen molar-refractivity contribution in [1.29, 1.82) is 0 Å². The SMILES string of the molecule is [C-]#[N+]N=C1CC(C2CCCc3ccccc32)Oc2ccc(-c3cccc([N+]#[C-])c3)cc21. The molecule has 0 spiro atoms. The third-order valence-electron chi connectivity index (χ3n) is 6.31. The fourth-order valence-corrected chi connectivity index (χ4v) is 4.86.